The number of rotatable bonds is 3. The fraction of sp³-hybridized carbons (Fsp3) is 0.125. The van der Waals surface area contributed by atoms with Gasteiger partial charge in [-0.05, 0) is 42.3 Å². The molecule has 3 nitrogen and oxygen atoms in total. The molecule has 0 fully saturated rings. The van der Waals surface area contributed by atoms with E-state index in [1.165, 1.54) is 30.3 Å². The molecule has 0 radical (unpaired) electrons. The van der Waals surface area contributed by atoms with Crippen molar-refractivity contribution in [1.82, 2.24) is 5.32 Å². The molecule has 0 aliphatic carbocycles. The fourth-order valence-corrected chi connectivity index (χ4v) is 2.03. The van der Waals surface area contributed by atoms with Gasteiger partial charge in [0.2, 0.25) is 0 Å². The van der Waals surface area contributed by atoms with E-state index >= 15 is 0 Å². The van der Waals surface area contributed by atoms with Crippen LogP contribution in [0.25, 0.3) is 11.1 Å². The Labute approximate surface area is 120 Å². The van der Waals surface area contributed by atoms with E-state index in [9.17, 15) is 13.6 Å². The first kappa shape index (κ1) is 14.7. The lowest BCUT2D eigenvalue weighted by atomic mass is 9.98. The number of carbonyl (C=O) groups is 1. The third-order valence-corrected chi connectivity index (χ3v) is 3.04. The van der Waals surface area contributed by atoms with Crippen molar-refractivity contribution in [2.75, 3.05) is 6.54 Å². The van der Waals surface area contributed by atoms with Crippen LogP contribution < -0.4 is 5.32 Å². The van der Waals surface area contributed by atoms with Crippen LogP contribution in [0.3, 0.4) is 0 Å². The molecule has 1 amide bonds. The molecule has 0 aliphatic rings. The number of carbonyl (C=O) groups excluding carboxylic acids is 1. The Morgan fingerprint density at radius 2 is 1.90 bits per heavy atom. The van der Waals surface area contributed by atoms with Crippen LogP contribution in [0.15, 0.2) is 36.4 Å². The molecule has 0 atom stereocenters. The topological polar surface area (TPSA) is 52.9 Å². The van der Waals surface area contributed by atoms with E-state index in [0.29, 0.717) is 16.7 Å². The molecule has 0 aliphatic heterocycles. The van der Waals surface area contributed by atoms with Crippen molar-refractivity contribution in [3.8, 4) is 17.2 Å². The first-order valence-electron chi connectivity index (χ1n) is 6.24. The second kappa shape index (κ2) is 6.14. The lowest BCUT2D eigenvalue weighted by molar-refractivity contribution is 0.0958. The van der Waals surface area contributed by atoms with E-state index in [2.05, 4.69) is 5.32 Å². The zero-order chi connectivity index (χ0) is 15.4. The molecule has 0 aromatic heterocycles. The minimum absolute atomic E-state index is 0.131. The highest BCUT2D eigenvalue weighted by Crippen LogP contribution is 2.27. The molecule has 2 aromatic carbocycles. The zero-order valence-corrected chi connectivity index (χ0v) is 11.3. The maximum Gasteiger partial charge on any atom is 0.252 e. The van der Waals surface area contributed by atoms with Crippen molar-refractivity contribution in [3.05, 3.63) is 59.2 Å². The van der Waals surface area contributed by atoms with Crippen molar-refractivity contribution in [3.63, 3.8) is 0 Å². The first-order valence-corrected chi connectivity index (χ1v) is 6.24. The Hall–Kier alpha value is -2.74. The van der Waals surface area contributed by atoms with Crippen LogP contribution in [0.1, 0.15) is 15.9 Å². The highest BCUT2D eigenvalue weighted by Gasteiger charge is 2.12. The van der Waals surface area contributed by atoms with Crippen molar-refractivity contribution in [2.24, 2.45) is 0 Å². The van der Waals surface area contributed by atoms with Gasteiger partial charge in [-0.25, -0.2) is 8.78 Å². The highest BCUT2D eigenvalue weighted by atomic mass is 19.1. The Kier molecular flexibility index (Phi) is 4.29. The summed E-state index contributed by atoms with van der Waals surface area (Å²) < 4.78 is 27.2. The van der Waals surface area contributed by atoms with E-state index in [0.717, 1.165) is 6.07 Å². The number of hydrogen-bond donors (Lipinski definition) is 1. The predicted octanol–water partition coefficient (Wildman–Crippen LogP) is 3.19. The molecule has 0 heterocycles. The number of nitriles is 1. The summed E-state index contributed by atoms with van der Waals surface area (Å²) in [5.41, 5.74) is 1.60. The standard InChI is InChI=1S/C16H12F2N2O/c1-10-8-12(17)3-5-13(10)14-4-2-11(9-15(14)18)16(21)20-7-6-19/h2-5,8-9H,7H2,1H3,(H,20,21). The van der Waals surface area contributed by atoms with Gasteiger partial charge in [0, 0.05) is 11.1 Å². The van der Waals surface area contributed by atoms with E-state index in [1.807, 2.05) is 0 Å². The van der Waals surface area contributed by atoms with Gasteiger partial charge in [0.1, 0.15) is 18.2 Å². The van der Waals surface area contributed by atoms with Gasteiger partial charge in [0.15, 0.2) is 0 Å². The van der Waals surface area contributed by atoms with Crippen molar-refractivity contribution in [2.45, 2.75) is 6.92 Å². The van der Waals surface area contributed by atoms with Crippen LogP contribution in [-0.4, -0.2) is 12.5 Å². The van der Waals surface area contributed by atoms with Crippen molar-refractivity contribution in [1.29, 1.82) is 5.26 Å². The number of nitrogens with one attached hydrogen (secondary N) is 1. The second-order valence-electron chi connectivity index (χ2n) is 4.49. The molecule has 0 spiro atoms. The molecule has 1 N–H and O–H groups in total. The second-order valence-corrected chi connectivity index (χ2v) is 4.49. The molecule has 2 rings (SSSR count). The Morgan fingerprint density at radius 1 is 1.19 bits per heavy atom. The Bertz CT molecular complexity index is 736. The van der Waals surface area contributed by atoms with Gasteiger partial charge in [0.05, 0.1) is 6.07 Å². The number of amides is 1. The zero-order valence-electron chi connectivity index (χ0n) is 11.3. The molecular weight excluding hydrogens is 274 g/mol. The molecule has 106 valence electrons. The lowest BCUT2D eigenvalue weighted by Gasteiger charge is -2.09. The van der Waals surface area contributed by atoms with Crippen LogP contribution in [0.5, 0.6) is 0 Å². The summed E-state index contributed by atoms with van der Waals surface area (Å²) in [6.45, 7) is 1.55. The molecule has 0 bridgehead atoms. The summed E-state index contributed by atoms with van der Waals surface area (Å²) in [6.07, 6.45) is 0. The van der Waals surface area contributed by atoms with Crippen LogP contribution in [0, 0.1) is 29.9 Å². The molecule has 2 aromatic rings. The summed E-state index contributed by atoms with van der Waals surface area (Å²) in [5.74, 6) is -1.48. The van der Waals surface area contributed by atoms with Gasteiger partial charge in [0.25, 0.3) is 5.91 Å². The molecule has 0 saturated carbocycles. The van der Waals surface area contributed by atoms with Crippen LogP contribution in [0.4, 0.5) is 8.78 Å². The van der Waals surface area contributed by atoms with Gasteiger partial charge >= 0.3 is 0 Å². The van der Waals surface area contributed by atoms with Gasteiger partial charge in [-0.1, -0.05) is 12.1 Å². The smallest absolute Gasteiger partial charge is 0.252 e. The van der Waals surface area contributed by atoms with E-state index in [1.54, 1.807) is 13.0 Å². The van der Waals surface area contributed by atoms with Crippen molar-refractivity contribution < 1.29 is 13.6 Å². The monoisotopic (exact) mass is 286 g/mol. The number of nitrogens with zero attached hydrogens (tertiary/aromatic N) is 1. The SMILES string of the molecule is Cc1cc(F)ccc1-c1ccc(C(=O)NCC#N)cc1F. The van der Waals surface area contributed by atoms with Crippen LogP contribution in [-0.2, 0) is 0 Å². The summed E-state index contributed by atoms with van der Waals surface area (Å²) in [4.78, 5) is 11.6. The molecular formula is C16H12F2N2O. The summed E-state index contributed by atoms with van der Waals surface area (Å²) in [7, 11) is 0. The van der Waals surface area contributed by atoms with Crippen LogP contribution in [0.2, 0.25) is 0 Å². The predicted molar refractivity (Wildman–Crippen MR) is 74.5 cm³/mol. The third kappa shape index (κ3) is 3.23. The summed E-state index contributed by atoms with van der Waals surface area (Å²) in [5, 5.41) is 10.7. The molecule has 0 saturated heterocycles. The lowest BCUT2D eigenvalue weighted by Crippen LogP contribution is -2.23. The van der Waals surface area contributed by atoms with E-state index < -0.39 is 11.7 Å². The average Bonchev–Trinajstić information content (AvgIpc) is 2.45. The Morgan fingerprint density at radius 3 is 2.52 bits per heavy atom. The number of hydrogen-bond acceptors (Lipinski definition) is 2. The minimum Gasteiger partial charge on any atom is -0.339 e. The molecule has 0 unspecified atom stereocenters. The quantitative estimate of drug-likeness (QED) is 0.881. The average molecular weight is 286 g/mol. The molecule has 21 heavy (non-hydrogen) atoms. The number of halogens is 2. The maximum absolute atomic E-state index is 14.2. The first-order chi connectivity index (χ1) is 10.0. The normalized spacial score (nSPS) is 10.0. The van der Waals surface area contributed by atoms with Gasteiger partial charge in [-0.3, -0.25) is 4.79 Å². The number of aryl methyl sites for hydroxylation is 1. The fourth-order valence-electron chi connectivity index (χ4n) is 2.03. The van der Waals surface area contributed by atoms with E-state index in [-0.39, 0.29) is 17.9 Å². The van der Waals surface area contributed by atoms with Gasteiger partial charge in [-0.2, -0.15) is 5.26 Å². The van der Waals surface area contributed by atoms with Gasteiger partial charge in [-0.15, -0.1) is 0 Å². The van der Waals surface area contributed by atoms with Gasteiger partial charge < -0.3 is 5.32 Å². The molecule has 5 heteroatoms. The van der Waals surface area contributed by atoms with Crippen LogP contribution >= 0.6 is 0 Å². The third-order valence-electron chi connectivity index (χ3n) is 3.04. The number of benzene rings is 2. The minimum atomic E-state index is -0.575. The van der Waals surface area contributed by atoms with Crippen molar-refractivity contribution >= 4 is 5.91 Å². The largest absolute Gasteiger partial charge is 0.339 e. The summed E-state index contributed by atoms with van der Waals surface area (Å²) in [6, 6.07) is 9.89. The highest BCUT2D eigenvalue weighted by molar-refractivity contribution is 5.94. The maximum atomic E-state index is 14.2. The summed E-state index contributed by atoms with van der Waals surface area (Å²) >= 11 is 0. The Balaban J connectivity index is 2.36. The van der Waals surface area contributed by atoms with E-state index in [4.69, 9.17) is 5.26 Å².